The van der Waals surface area contributed by atoms with Gasteiger partial charge in [0.15, 0.2) is 0 Å². The average molecular weight is 372 g/mol. The van der Waals surface area contributed by atoms with Crippen molar-refractivity contribution in [3.05, 3.63) is 56.8 Å². The molecule has 0 atom stereocenters. The van der Waals surface area contributed by atoms with E-state index in [1.807, 2.05) is 6.92 Å². The normalized spacial score (nSPS) is 10.5. The summed E-state index contributed by atoms with van der Waals surface area (Å²) in [5, 5.41) is 2.92. The molecule has 0 saturated heterocycles. The number of nitrogen functional groups attached to an aromatic ring is 1. The monoisotopic (exact) mass is 370 g/mol. The minimum absolute atomic E-state index is 0.147. The molecule has 0 radical (unpaired) electrons. The van der Waals surface area contributed by atoms with Gasteiger partial charge < -0.3 is 11.1 Å². The first kappa shape index (κ1) is 15.8. The maximum Gasteiger partial charge on any atom is 0.228 e. The summed E-state index contributed by atoms with van der Waals surface area (Å²) >= 11 is 9.26. The molecule has 2 rings (SSSR count). The highest BCUT2D eigenvalue weighted by Crippen LogP contribution is 2.28. The van der Waals surface area contributed by atoms with E-state index >= 15 is 0 Å². The maximum atomic E-state index is 13.7. The number of rotatable bonds is 3. The van der Waals surface area contributed by atoms with Gasteiger partial charge in [-0.05, 0) is 52.7 Å². The summed E-state index contributed by atoms with van der Waals surface area (Å²) in [5.41, 5.74) is 7.99. The SMILES string of the molecule is Cc1cc(Br)c(NC(=O)Cc2c(F)cccc2Cl)cc1N. The molecule has 0 aliphatic heterocycles. The van der Waals surface area contributed by atoms with Crippen LogP contribution >= 0.6 is 27.5 Å². The smallest absolute Gasteiger partial charge is 0.228 e. The predicted molar refractivity (Wildman–Crippen MR) is 87.0 cm³/mol. The number of hydrogen-bond donors (Lipinski definition) is 2. The highest BCUT2D eigenvalue weighted by atomic mass is 79.9. The Morgan fingerprint density at radius 2 is 2.14 bits per heavy atom. The van der Waals surface area contributed by atoms with Crippen LogP contribution in [0.25, 0.3) is 0 Å². The minimum Gasteiger partial charge on any atom is -0.398 e. The van der Waals surface area contributed by atoms with Gasteiger partial charge in [-0.3, -0.25) is 4.79 Å². The molecule has 2 aromatic carbocycles. The van der Waals surface area contributed by atoms with E-state index in [9.17, 15) is 9.18 Å². The van der Waals surface area contributed by atoms with Crippen LogP contribution in [0.15, 0.2) is 34.8 Å². The van der Waals surface area contributed by atoms with Gasteiger partial charge in [-0.2, -0.15) is 0 Å². The van der Waals surface area contributed by atoms with Gasteiger partial charge >= 0.3 is 0 Å². The van der Waals surface area contributed by atoms with Crippen LogP contribution in [-0.2, 0) is 11.2 Å². The lowest BCUT2D eigenvalue weighted by atomic mass is 10.1. The van der Waals surface area contributed by atoms with Crippen molar-refractivity contribution in [2.24, 2.45) is 0 Å². The predicted octanol–water partition coefficient (Wildman–Crippen LogP) is 4.31. The van der Waals surface area contributed by atoms with Crippen LogP contribution in [0.2, 0.25) is 5.02 Å². The van der Waals surface area contributed by atoms with Crippen LogP contribution in [0.1, 0.15) is 11.1 Å². The van der Waals surface area contributed by atoms with Crippen molar-refractivity contribution in [2.75, 3.05) is 11.1 Å². The number of halogens is 3. The third kappa shape index (κ3) is 3.74. The van der Waals surface area contributed by atoms with Crippen molar-refractivity contribution >= 4 is 44.8 Å². The summed E-state index contributed by atoms with van der Waals surface area (Å²) in [6.07, 6.45) is -0.147. The second-order valence-electron chi connectivity index (χ2n) is 4.61. The van der Waals surface area contributed by atoms with Gasteiger partial charge in [0.25, 0.3) is 0 Å². The average Bonchev–Trinajstić information content (AvgIpc) is 2.40. The molecule has 0 aromatic heterocycles. The molecule has 0 spiro atoms. The molecule has 21 heavy (non-hydrogen) atoms. The molecule has 0 unspecified atom stereocenters. The van der Waals surface area contributed by atoms with E-state index in [0.29, 0.717) is 15.8 Å². The number of hydrogen-bond acceptors (Lipinski definition) is 2. The van der Waals surface area contributed by atoms with Gasteiger partial charge in [0.05, 0.1) is 12.1 Å². The van der Waals surface area contributed by atoms with Crippen molar-refractivity contribution in [1.82, 2.24) is 0 Å². The van der Waals surface area contributed by atoms with E-state index in [-0.39, 0.29) is 22.9 Å². The van der Waals surface area contributed by atoms with E-state index < -0.39 is 5.82 Å². The first-order valence-electron chi connectivity index (χ1n) is 6.17. The molecule has 3 N–H and O–H groups in total. The lowest BCUT2D eigenvalue weighted by Crippen LogP contribution is -2.16. The number of carbonyl (C=O) groups is 1. The fraction of sp³-hybridized carbons (Fsp3) is 0.133. The summed E-state index contributed by atoms with van der Waals surface area (Å²) in [7, 11) is 0. The van der Waals surface area contributed by atoms with Crippen molar-refractivity contribution in [2.45, 2.75) is 13.3 Å². The van der Waals surface area contributed by atoms with Crippen LogP contribution in [0.4, 0.5) is 15.8 Å². The summed E-state index contributed by atoms with van der Waals surface area (Å²) in [5.74, 6) is -0.869. The highest BCUT2D eigenvalue weighted by Gasteiger charge is 2.13. The molecule has 6 heteroatoms. The van der Waals surface area contributed by atoms with E-state index in [2.05, 4.69) is 21.2 Å². The van der Waals surface area contributed by atoms with Gasteiger partial charge in [-0.15, -0.1) is 0 Å². The minimum atomic E-state index is -0.500. The molecule has 2 aromatic rings. The number of aryl methyl sites for hydroxylation is 1. The van der Waals surface area contributed by atoms with E-state index in [1.165, 1.54) is 12.1 Å². The molecule has 0 heterocycles. The number of amides is 1. The Balaban J connectivity index is 2.18. The van der Waals surface area contributed by atoms with Crippen LogP contribution in [0.5, 0.6) is 0 Å². The third-order valence-electron chi connectivity index (χ3n) is 3.03. The molecule has 3 nitrogen and oxygen atoms in total. The van der Waals surface area contributed by atoms with Gasteiger partial charge in [-0.25, -0.2) is 4.39 Å². The fourth-order valence-corrected chi connectivity index (χ4v) is 2.63. The molecule has 0 bridgehead atoms. The first-order valence-corrected chi connectivity index (χ1v) is 7.34. The molecule has 0 aliphatic rings. The maximum absolute atomic E-state index is 13.7. The topological polar surface area (TPSA) is 55.1 Å². The molecule has 0 aliphatic carbocycles. The van der Waals surface area contributed by atoms with Gasteiger partial charge in [0, 0.05) is 20.7 Å². The van der Waals surface area contributed by atoms with Gasteiger partial charge in [0.2, 0.25) is 5.91 Å². The van der Waals surface area contributed by atoms with Gasteiger partial charge in [0.1, 0.15) is 5.82 Å². The molecule has 1 amide bonds. The zero-order valence-corrected chi connectivity index (χ0v) is 13.6. The molecular formula is C15H13BrClFN2O. The van der Waals surface area contributed by atoms with Crippen molar-refractivity contribution < 1.29 is 9.18 Å². The highest BCUT2D eigenvalue weighted by molar-refractivity contribution is 9.10. The van der Waals surface area contributed by atoms with Gasteiger partial charge in [-0.1, -0.05) is 17.7 Å². The Labute approximate surface area is 135 Å². The Morgan fingerprint density at radius 3 is 2.81 bits per heavy atom. The number of carbonyl (C=O) groups excluding carboxylic acids is 1. The zero-order valence-electron chi connectivity index (χ0n) is 11.2. The van der Waals surface area contributed by atoms with E-state index in [0.717, 1.165) is 5.56 Å². The Morgan fingerprint density at radius 1 is 1.43 bits per heavy atom. The Bertz CT molecular complexity index is 686. The lowest BCUT2D eigenvalue weighted by molar-refractivity contribution is -0.115. The number of benzene rings is 2. The van der Waals surface area contributed by atoms with Crippen LogP contribution in [0.3, 0.4) is 0 Å². The van der Waals surface area contributed by atoms with E-state index in [4.69, 9.17) is 17.3 Å². The zero-order chi connectivity index (χ0) is 15.6. The number of nitrogens with one attached hydrogen (secondary N) is 1. The summed E-state index contributed by atoms with van der Waals surface area (Å²) in [6, 6.07) is 7.78. The molecule has 0 fully saturated rings. The first-order chi connectivity index (χ1) is 9.88. The quantitative estimate of drug-likeness (QED) is 0.790. The van der Waals surface area contributed by atoms with Crippen LogP contribution in [-0.4, -0.2) is 5.91 Å². The summed E-state index contributed by atoms with van der Waals surface area (Å²) in [6.45, 7) is 1.87. The molecule has 110 valence electrons. The Hall–Kier alpha value is -1.59. The van der Waals surface area contributed by atoms with Crippen molar-refractivity contribution in [3.8, 4) is 0 Å². The lowest BCUT2D eigenvalue weighted by Gasteiger charge is -2.11. The summed E-state index contributed by atoms with van der Waals surface area (Å²) < 4.78 is 14.4. The molecule has 0 saturated carbocycles. The van der Waals surface area contributed by atoms with Crippen molar-refractivity contribution in [1.29, 1.82) is 0 Å². The standard InChI is InChI=1S/C15H13BrClFN2O/c1-8-5-10(16)14(7-13(8)19)20-15(21)6-9-11(17)3-2-4-12(9)18/h2-5,7H,6,19H2,1H3,(H,20,21). The van der Waals surface area contributed by atoms with Crippen LogP contribution in [0, 0.1) is 12.7 Å². The van der Waals surface area contributed by atoms with Crippen LogP contribution < -0.4 is 11.1 Å². The van der Waals surface area contributed by atoms with Crippen molar-refractivity contribution in [3.63, 3.8) is 0 Å². The largest absolute Gasteiger partial charge is 0.398 e. The fourth-order valence-electron chi connectivity index (χ4n) is 1.84. The molecular weight excluding hydrogens is 359 g/mol. The number of anilines is 2. The van der Waals surface area contributed by atoms with E-state index in [1.54, 1.807) is 18.2 Å². The summed E-state index contributed by atoms with van der Waals surface area (Å²) in [4.78, 5) is 12.0. The Kier molecular flexibility index (Phi) is 4.85. The second kappa shape index (κ2) is 6.45. The second-order valence-corrected chi connectivity index (χ2v) is 5.88. The third-order valence-corrected chi connectivity index (χ3v) is 4.04. The number of nitrogens with two attached hydrogens (primary N) is 1.